The van der Waals surface area contributed by atoms with Crippen molar-refractivity contribution in [2.24, 2.45) is 0 Å². The standard InChI is InChI=1S/C11H14FNS.C10H14N2S/c1-9-4-5-10(8-11(9)12)13-6-2-3-7-14-13;1-9-4-5-10(8-11-9)12-6-2-3-7-13-12/h4-5,8H,2-3,6-7H2,1H3;4-5,8H,2-3,6-7H2,1H3. The van der Waals surface area contributed by atoms with Gasteiger partial charge >= 0.3 is 0 Å². The second kappa shape index (κ2) is 10.2. The molecule has 2 aromatic rings. The average molecular weight is 406 g/mol. The lowest BCUT2D eigenvalue weighted by Gasteiger charge is -2.27. The molecule has 0 spiro atoms. The van der Waals surface area contributed by atoms with Gasteiger partial charge in [-0.3, -0.25) is 4.98 Å². The van der Waals surface area contributed by atoms with Crippen LogP contribution in [0.4, 0.5) is 15.8 Å². The summed E-state index contributed by atoms with van der Waals surface area (Å²) in [5.41, 5.74) is 4.05. The largest absolute Gasteiger partial charge is 0.316 e. The van der Waals surface area contributed by atoms with Crippen molar-refractivity contribution in [3.63, 3.8) is 0 Å². The number of hydrogen-bond donors (Lipinski definition) is 0. The number of aromatic nitrogens is 1. The van der Waals surface area contributed by atoms with Gasteiger partial charge in [-0.1, -0.05) is 6.07 Å². The topological polar surface area (TPSA) is 19.4 Å². The van der Waals surface area contributed by atoms with Gasteiger partial charge in [-0.2, -0.15) is 0 Å². The smallest absolute Gasteiger partial charge is 0.128 e. The van der Waals surface area contributed by atoms with E-state index in [1.165, 1.54) is 37.1 Å². The Labute approximate surface area is 171 Å². The summed E-state index contributed by atoms with van der Waals surface area (Å²) in [7, 11) is 0. The highest BCUT2D eigenvalue weighted by molar-refractivity contribution is 8.00. The molecule has 0 unspecified atom stereocenters. The molecule has 146 valence electrons. The predicted molar refractivity (Wildman–Crippen MR) is 118 cm³/mol. The Morgan fingerprint density at radius 1 is 0.852 bits per heavy atom. The van der Waals surface area contributed by atoms with Crippen molar-refractivity contribution in [1.82, 2.24) is 4.98 Å². The minimum absolute atomic E-state index is 0.103. The van der Waals surface area contributed by atoms with E-state index < -0.39 is 0 Å². The van der Waals surface area contributed by atoms with Crippen molar-refractivity contribution >= 4 is 35.3 Å². The van der Waals surface area contributed by atoms with Crippen LogP contribution in [0, 0.1) is 19.7 Å². The second-order valence-electron chi connectivity index (χ2n) is 6.88. The molecule has 0 aliphatic carbocycles. The zero-order valence-corrected chi connectivity index (χ0v) is 17.8. The van der Waals surface area contributed by atoms with Crippen molar-refractivity contribution in [3.8, 4) is 0 Å². The number of aryl methyl sites for hydroxylation is 2. The first kappa shape index (κ1) is 20.3. The minimum atomic E-state index is -0.103. The molecule has 1 aromatic heterocycles. The van der Waals surface area contributed by atoms with Gasteiger partial charge in [0.05, 0.1) is 11.9 Å². The lowest BCUT2D eigenvalue weighted by molar-refractivity contribution is 0.618. The van der Waals surface area contributed by atoms with Gasteiger partial charge in [-0.05, 0) is 93.3 Å². The summed E-state index contributed by atoms with van der Waals surface area (Å²) in [4.78, 5) is 4.30. The zero-order chi connectivity index (χ0) is 19.1. The highest BCUT2D eigenvalue weighted by Crippen LogP contribution is 2.28. The quantitative estimate of drug-likeness (QED) is 0.567. The fourth-order valence-corrected chi connectivity index (χ4v) is 5.09. The third-order valence-electron chi connectivity index (χ3n) is 4.63. The third-order valence-corrected chi connectivity index (χ3v) is 6.99. The van der Waals surface area contributed by atoms with Crippen molar-refractivity contribution in [2.75, 3.05) is 33.2 Å². The minimum Gasteiger partial charge on any atom is -0.316 e. The maximum Gasteiger partial charge on any atom is 0.128 e. The number of rotatable bonds is 2. The molecule has 6 heteroatoms. The fraction of sp³-hybridized carbons (Fsp3) is 0.476. The SMILES string of the molecule is Cc1ccc(N2CCCCS2)cc1F.Cc1ccc(N2CCCCS2)cn1. The molecule has 2 aliphatic rings. The average Bonchev–Trinajstić information content (AvgIpc) is 2.72. The van der Waals surface area contributed by atoms with Crippen LogP contribution in [-0.4, -0.2) is 29.6 Å². The van der Waals surface area contributed by atoms with E-state index in [4.69, 9.17) is 0 Å². The normalized spacial score (nSPS) is 17.3. The predicted octanol–water partition coefficient (Wildman–Crippen LogP) is 6.02. The van der Waals surface area contributed by atoms with Crippen LogP contribution in [0.3, 0.4) is 0 Å². The number of nitrogens with zero attached hydrogens (tertiary/aromatic N) is 3. The molecular weight excluding hydrogens is 377 g/mol. The number of anilines is 2. The van der Waals surface area contributed by atoms with Crippen LogP contribution in [0.15, 0.2) is 36.5 Å². The Balaban J connectivity index is 0.000000156. The molecule has 0 atom stereocenters. The Hall–Kier alpha value is -1.40. The first-order chi connectivity index (χ1) is 13.1. The molecule has 0 amide bonds. The van der Waals surface area contributed by atoms with E-state index in [1.54, 1.807) is 24.9 Å². The van der Waals surface area contributed by atoms with Crippen molar-refractivity contribution < 1.29 is 4.39 Å². The van der Waals surface area contributed by atoms with Crippen LogP contribution >= 0.6 is 23.9 Å². The van der Waals surface area contributed by atoms with Gasteiger partial charge in [-0.15, -0.1) is 0 Å². The Morgan fingerprint density at radius 3 is 2.00 bits per heavy atom. The fourth-order valence-electron chi connectivity index (χ4n) is 2.95. The number of hydrogen-bond acceptors (Lipinski definition) is 5. The summed E-state index contributed by atoms with van der Waals surface area (Å²) < 4.78 is 17.8. The lowest BCUT2D eigenvalue weighted by atomic mass is 10.2. The first-order valence-corrected chi connectivity index (χ1v) is 11.5. The molecule has 3 heterocycles. The molecule has 2 fully saturated rings. The first-order valence-electron chi connectivity index (χ1n) is 9.63. The Kier molecular flexibility index (Phi) is 7.70. The summed E-state index contributed by atoms with van der Waals surface area (Å²) >= 11 is 3.71. The van der Waals surface area contributed by atoms with E-state index in [1.807, 2.05) is 37.2 Å². The van der Waals surface area contributed by atoms with E-state index in [0.29, 0.717) is 0 Å². The van der Waals surface area contributed by atoms with Gasteiger partial charge < -0.3 is 8.61 Å². The van der Waals surface area contributed by atoms with Crippen LogP contribution in [0.5, 0.6) is 0 Å². The molecule has 27 heavy (non-hydrogen) atoms. The molecule has 1 aromatic carbocycles. The number of benzene rings is 1. The van der Waals surface area contributed by atoms with Crippen molar-refractivity contribution in [1.29, 1.82) is 0 Å². The molecular formula is C21H28FN3S2. The molecule has 2 aliphatic heterocycles. The highest BCUT2D eigenvalue weighted by atomic mass is 32.2. The van der Waals surface area contributed by atoms with Crippen molar-refractivity contribution in [3.05, 3.63) is 53.6 Å². The highest BCUT2D eigenvalue weighted by Gasteiger charge is 2.13. The Bertz CT molecular complexity index is 712. The molecule has 0 N–H and O–H groups in total. The van der Waals surface area contributed by atoms with Crippen LogP contribution in [0.25, 0.3) is 0 Å². The Morgan fingerprint density at radius 2 is 1.48 bits per heavy atom. The number of pyridine rings is 1. The van der Waals surface area contributed by atoms with Gasteiger partial charge in [-0.25, -0.2) is 4.39 Å². The van der Waals surface area contributed by atoms with E-state index in [-0.39, 0.29) is 5.82 Å². The molecule has 3 nitrogen and oxygen atoms in total. The van der Waals surface area contributed by atoms with E-state index >= 15 is 0 Å². The molecule has 0 saturated carbocycles. The van der Waals surface area contributed by atoms with Gasteiger partial charge in [0.15, 0.2) is 0 Å². The van der Waals surface area contributed by atoms with Gasteiger partial charge in [0.25, 0.3) is 0 Å². The van der Waals surface area contributed by atoms with E-state index in [2.05, 4.69) is 25.7 Å². The summed E-state index contributed by atoms with van der Waals surface area (Å²) in [6.45, 7) is 6.01. The number of halogens is 1. The zero-order valence-electron chi connectivity index (χ0n) is 16.2. The monoisotopic (exact) mass is 405 g/mol. The summed E-state index contributed by atoms with van der Waals surface area (Å²) in [6, 6.07) is 9.70. The maximum absolute atomic E-state index is 13.3. The summed E-state index contributed by atoms with van der Waals surface area (Å²) in [5.74, 6) is 2.29. The summed E-state index contributed by atoms with van der Waals surface area (Å²) in [6.07, 6.45) is 7.10. The van der Waals surface area contributed by atoms with Crippen LogP contribution in [0.2, 0.25) is 0 Å². The van der Waals surface area contributed by atoms with E-state index in [9.17, 15) is 4.39 Å². The van der Waals surface area contributed by atoms with Crippen molar-refractivity contribution in [2.45, 2.75) is 39.5 Å². The molecule has 0 radical (unpaired) electrons. The van der Waals surface area contributed by atoms with Crippen LogP contribution < -0.4 is 8.61 Å². The van der Waals surface area contributed by atoms with Crippen LogP contribution in [0.1, 0.15) is 36.9 Å². The third kappa shape index (κ3) is 6.04. The van der Waals surface area contributed by atoms with Gasteiger partial charge in [0, 0.05) is 36.0 Å². The van der Waals surface area contributed by atoms with Crippen LogP contribution in [-0.2, 0) is 0 Å². The molecule has 2 saturated heterocycles. The van der Waals surface area contributed by atoms with Gasteiger partial charge in [0.2, 0.25) is 0 Å². The molecule has 4 rings (SSSR count). The maximum atomic E-state index is 13.3. The lowest BCUT2D eigenvalue weighted by Crippen LogP contribution is -2.21. The molecule has 0 bridgehead atoms. The van der Waals surface area contributed by atoms with Gasteiger partial charge in [0.1, 0.15) is 5.82 Å². The summed E-state index contributed by atoms with van der Waals surface area (Å²) in [5, 5.41) is 0. The van der Waals surface area contributed by atoms with E-state index in [0.717, 1.165) is 35.8 Å². The second-order valence-corrected chi connectivity index (χ2v) is 9.09.